The number of hydrogen-bond acceptors (Lipinski definition) is 5. The summed E-state index contributed by atoms with van der Waals surface area (Å²) in [7, 11) is -3.51. The first kappa shape index (κ1) is 18.6. The maximum absolute atomic E-state index is 14.1. The van der Waals surface area contributed by atoms with Crippen molar-refractivity contribution in [1.29, 1.82) is 0 Å². The third kappa shape index (κ3) is 3.76. The van der Waals surface area contributed by atoms with Crippen LogP contribution in [-0.2, 0) is 14.8 Å². The van der Waals surface area contributed by atoms with E-state index in [1.165, 1.54) is 29.5 Å². The minimum absolute atomic E-state index is 0.00602. The van der Waals surface area contributed by atoms with Crippen molar-refractivity contribution < 1.29 is 17.6 Å². The zero-order chi connectivity index (χ0) is 19.7. The molecule has 0 atom stereocenters. The number of hydrogen-bond donors (Lipinski definition) is 1. The van der Waals surface area contributed by atoms with Crippen LogP contribution in [-0.4, -0.2) is 31.6 Å². The smallest absolute Gasteiger partial charge is 0.248 e. The van der Waals surface area contributed by atoms with Crippen molar-refractivity contribution in [3.8, 4) is 0 Å². The second-order valence-corrected chi connectivity index (χ2v) is 9.33. The van der Waals surface area contributed by atoms with Crippen LogP contribution in [0, 0.1) is 5.82 Å². The quantitative estimate of drug-likeness (QED) is 0.658. The summed E-state index contributed by atoms with van der Waals surface area (Å²) in [5, 5.41) is 3.32. The Labute approximate surface area is 165 Å². The average molecular weight is 417 g/mol. The first-order chi connectivity index (χ1) is 13.4. The zero-order valence-electron chi connectivity index (χ0n) is 14.6. The molecular weight excluding hydrogens is 401 g/mol. The third-order valence-electron chi connectivity index (χ3n) is 4.27. The van der Waals surface area contributed by atoms with Gasteiger partial charge in [-0.2, -0.15) is 0 Å². The van der Waals surface area contributed by atoms with Crippen LogP contribution in [0.25, 0.3) is 16.3 Å². The summed E-state index contributed by atoms with van der Waals surface area (Å²) < 4.78 is 40.3. The average Bonchev–Trinajstić information content (AvgIpc) is 3.23. The monoisotopic (exact) mass is 417 g/mol. The molecule has 0 unspecified atom stereocenters. The second-order valence-electron chi connectivity index (χ2n) is 6.25. The fourth-order valence-electron chi connectivity index (χ4n) is 2.98. The van der Waals surface area contributed by atoms with Crippen molar-refractivity contribution in [3.05, 3.63) is 59.4 Å². The van der Waals surface area contributed by atoms with E-state index in [-0.39, 0.29) is 18.0 Å². The van der Waals surface area contributed by atoms with Gasteiger partial charge in [-0.15, -0.1) is 11.3 Å². The SMILES string of the molecule is O=C(C=Cc1nc2ccccc2s1)Nc1ccc(F)c(N2CCCS2(=O)=O)c1. The molecule has 0 aliphatic carbocycles. The van der Waals surface area contributed by atoms with Gasteiger partial charge in [-0.3, -0.25) is 9.10 Å². The summed E-state index contributed by atoms with van der Waals surface area (Å²) in [4.78, 5) is 16.6. The molecule has 2 aromatic carbocycles. The summed E-state index contributed by atoms with van der Waals surface area (Å²) in [5.74, 6) is -1.07. The Morgan fingerprint density at radius 1 is 1.25 bits per heavy atom. The topological polar surface area (TPSA) is 79.4 Å². The Morgan fingerprint density at radius 3 is 2.82 bits per heavy atom. The highest BCUT2D eigenvalue weighted by molar-refractivity contribution is 7.93. The summed E-state index contributed by atoms with van der Waals surface area (Å²) in [6.07, 6.45) is 3.39. The largest absolute Gasteiger partial charge is 0.322 e. The van der Waals surface area contributed by atoms with Crippen LogP contribution in [0.3, 0.4) is 0 Å². The van der Waals surface area contributed by atoms with E-state index in [2.05, 4.69) is 10.3 Å². The number of nitrogens with one attached hydrogen (secondary N) is 1. The fraction of sp³-hybridized carbons (Fsp3) is 0.158. The van der Waals surface area contributed by atoms with E-state index in [0.717, 1.165) is 20.6 Å². The van der Waals surface area contributed by atoms with Crippen molar-refractivity contribution in [1.82, 2.24) is 4.98 Å². The highest BCUT2D eigenvalue weighted by Crippen LogP contribution is 2.29. The van der Waals surface area contributed by atoms with Crippen LogP contribution >= 0.6 is 11.3 Å². The molecule has 1 fully saturated rings. The Bertz CT molecular complexity index is 1160. The number of aromatic nitrogens is 1. The number of carbonyl (C=O) groups excluding carboxylic acids is 1. The predicted molar refractivity (Wildman–Crippen MR) is 109 cm³/mol. The lowest BCUT2D eigenvalue weighted by Crippen LogP contribution is -2.26. The molecule has 1 aliphatic heterocycles. The van der Waals surface area contributed by atoms with E-state index in [9.17, 15) is 17.6 Å². The second kappa shape index (κ2) is 7.33. The van der Waals surface area contributed by atoms with Crippen molar-refractivity contribution in [3.63, 3.8) is 0 Å². The molecule has 6 nitrogen and oxygen atoms in total. The summed E-state index contributed by atoms with van der Waals surface area (Å²) in [5.41, 5.74) is 1.13. The number of nitrogens with zero attached hydrogens (tertiary/aromatic N) is 2. The number of benzene rings is 2. The van der Waals surface area contributed by atoms with E-state index >= 15 is 0 Å². The molecule has 0 spiro atoms. The lowest BCUT2D eigenvalue weighted by atomic mass is 10.2. The van der Waals surface area contributed by atoms with E-state index in [4.69, 9.17) is 0 Å². The van der Waals surface area contributed by atoms with Gasteiger partial charge < -0.3 is 5.32 Å². The fourth-order valence-corrected chi connectivity index (χ4v) is 5.42. The van der Waals surface area contributed by atoms with Gasteiger partial charge in [0.2, 0.25) is 15.9 Å². The number of fused-ring (bicyclic) bond motifs is 1. The summed E-state index contributed by atoms with van der Waals surface area (Å²) in [6.45, 7) is 0.230. The molecule has 1 amide bonds. The Kier molecular flexibility index (Phi) is 4.86. The lowest BCUT2D eigenvalue weighted by molar-refractivity contribution is -0.111. The van der Waals surface area contributed by atoms with E-state index in [0.29, 0.717) is 17.1 Å². The van der Waals surface area contributed by atoms with Gasteiger partial charge in [0.05, 0.1) is 21.7 Å². The zero-order valence-corrected chi connectivity index (χ0v) is 16.3. The Balaban J connectivity index is 1.50. The molecule has 0 bridgehead atoms. The van der Waals surface area contributed by atoms with Gasteiger partial charge in [-0.1, -0.05) is 12.1 Å². The molecular formula is C19H16FN3O3S2. The van der Waals surface area contributed by atoms with Crippen LogP contribution in [0.15, 0.2) is 48.5 Å². The molecule has 4 rings (SSSR count). The number of halogens is 1. The number of anilines is 2. The number of sulfonamides is 1. The highest BCUT2D eigenvalue weighted by atomic mass is 32.2. The van der Waals surface area contributed by atoms with Crippen LogP contribution in [0.1, 0.15) is 11.4 Å². The summed E-state index contributed by atoms with van der Waals surface area (Å²) >= 11 is 1.47. The van der Waals surface area contributed by atoms with Crippen molar-refractivity contribution in [2.45, 2.75) is 6.42 Å². The maximum Gasteiger partial charge on any atom is 0.248 e. The standard InChI is InChI=1S/C19H16FN3O3S2/c20-14-7-6-13(12-16(14)23-10-3-11-28(23,25)26)21-18(24)8-9-19-22-15-4-1-2-5-17(15)27-19/h1-2,4-9,12H,3,10-11H2,(H,21,24). The number of thiazole rings is 1. The van der Waals surface area contributed by atoms with Gasteiger partial charge in [0.1, 0.15) is 10.8 Å². The van der Waals surface area contributed by atoms with Crippen molar-refractivity contribution in [2.75, 3.05) is 21.9 Å². The first-order valence-electron chi connectivity index (χ1n) is 8.57. The molecule has 1 aliphatic rings. The van der Waals surface area contributed by atoms with E-state index < -0.39 is 21.7 Å². The molecule has 0 saturated carbocycles. The highest BCUT2D eigenvalue weighted by Gasteiger charge is 2.30. The van der Waals surface area contributed by atoms with Crippen LogP contribution in [0.2, 0.25) is 0 Å². The van der Waals surface area contributed by atoms with Gasteiger partial charge in [0.25, 0.3) is 0 Å². The molecule has 2 heterocycles. The Morgan fingerprint density at radius 2 is 2.07 bits per heavy atom. The number of carbonyl (C=O) groups is 1. The number of amides is 1. The molecule has 0 radical (unpaired) electrons. The molecule has 28 heavy (non-hydrogen) atoms. The molecule has 9 heteroatoms. The first-order valence-corrected chi connectivity index (χ1v) is 11.0. The number of para-hydroxylation sites is 1. The minimum Gasteiger partial charge on any atom is -0.322 e. The van der Waals surface area contributed by atoms with Gasteiger partial charge >= 0.3 is 0 Å². The van der Waals surface area contributed by atoms with Gasteiger partial charge in [-0.05, 0) is 42.8 Å². The van der Waals surface area contributed by atoms with Gasteiger partial charge in [0.15, 0.2) is 0 Å². The lowest BCUT2D eigenvalue weighted by Gasteiger charge is -2.18. The number of rotatable bonds is 4. The van der Waals surface area contributed by atoms with Crippen molar-refractivity contribution in [2.24, 2.45) is 0 Å². The third-order valence-corrected chi connectivity index (χ3v) is 7.13. The van der Waals surface area contributed by atoms with Crippen LogP contribution < -0.4 is 9.62 Å². The maximum atomic E-state index is 14.1. The Hall–Kier alpha value is -2.78. The van der Waals surface area contributed by atoms with Gasteiger partial charge in [-0.25, -0.2) is 17.8 Å². The van der Waals surface area contributed by atoms with Gasteiger partial charge in [0, 0.05) is 18.3 Å². The molecule has 1 aromatic heterocycles. The van der Waals surface area contributed by atoms with Crippen LogP contribution in [0.4, 0.5) is 15.8 Å². The molecule has 1 N–H and O–H groups in total. The van der Waals surface area contributed by atoms with Crippen LogP contribution in [0.5, 0.6) is 0 Å². The molecule has 144 valence electrons. The molecule has 3 aromatic rings. The summed E-state index contributed by atoms with van der Waals surface area (Å²) in [6, 6.07) is 11.6. The van der Waals surface area contributed by atoms with Crippen molar-refractivity contribution >= 4 is 54.9 Å². The minimum atomic E-state index is -3.51. The van der Waals surface area contributed by atoms with E-state index in [1.54, 1.807) is 6.08 Å². The predicted octanol–water partition coefficient (Wildman–Crippen LogP) is 3.63. The molecule has 1 saturated heterocycles. The normalized spacial score (nSPS) is 16.1. The van der Waals surface area contributed by atoms with E-state index in [1.807, 2.05) is 24.3 Å².